The number of nitrogens with one attached hydrogen (secondary N) is 1. The lowest BCUT2D eigenvalue weighted by atomic mass is 10.1. The summed E-state index contributed by atoms with van der Waals surface area (Å²) in [4.78, 5) is 22.8. The summed E-state index contributed by atoms with van der Waals surface area (Å²) in [7, 11) is 0. The number of hydrogen-bond acceptors (Lipinski definition) is 7. The minimum Gasteiger partial charge on any atom is -0.454 e. The van der Waals surface area contributed by atoms with Crippen LogP contribution < -0.4 is 14.8 Å². The van der Waals surface area contributed by atoms with Gasteiger partial charge in [0.05, 0.1) is 23.1 Å². The van der Waals surface area contributed by atoms with Crippen LogP contribution in [0.3, 0.4) is 0 Å². The van der Waals surface area contributed by atoms with Crippen LogP contribution in [0.2, 0.25) is 0 Å². The second-order valence-corrected chi connectivity index (χ2v) is 5.62. The second-order valence-electron chi connectivity index (χ2n) is 5.62. The molecule has 0 bridgehead atoms. The van der Waals surface area contributed by atoms with Gasteiger partial charge in [0.1, 0.15) is 0 Å². The predicted molar refractivity (Wildman–Crippen MR) is 93.1 cm³/mol. The SMILES string of the molecule is O=C(/C=C/c1cc2c(cc1[N+](=O)[O-])OCO2)NCc1nnc2ccccn12. The third-order valence-electron chi connectivity index (χ3n) is 3.94. The molecule has 4 rings (SSSR count). The third kappa shape index (κ3) is 3.27. The fourth-order valence-electron chi connectivity index (χ4n) is 2.64. The maximum absolute atomic E-state index is 12.1. The average Bonchev–Trinajstić information content (AvgIpc) is 3.30. The van der Waals surface area contributed by atoms with Gasteiger partial charge in [-0.2, -0.15) is 0 Å². The molecule has 27 heavy (non-hydrogen) atoms. The average molecular weight is 367 g/mol. The van der Waals surface area contributed by atoms with Gasteiger partial charge < -0.3 is 14.8 Å². The Balaban J connectivity index is 1.48. The molecule has 0 unspecified atom stereocenters. The predicted octanol–water partition coefficient (Wildman–Crippen LogP) is 1.70. The number of benzene rings is 1. The first kappa shape index (κ1) is 16.5. The Morgan fingerprint density at radius 1 is 1.30 bits per heavy atom. The number of hydrogen-bond donors (Lipinski definition) is 1. The molecule has 3 aromatic rings. The van der Waals surface area contributed by atoms with E-state index in [1.54, 1.807) is 16.7 Å². The van der Waals surface area contributed by atoms with Crippen LogP contribution in [0, 0.1) is 10.1 Å². The standard InChI is InChI=1S/C17H13N5O5/c23-17(18-9-16-20-19-15-3-1-2-6-21(15)16)5-4-11-7-13-14(27-10-26-13)8-12(11)22(24)25/h1-8H,9-10H2,(H,18,23)/b5-4+. The first-order valence-corrected chi connectivity index (χ1v) is 7.94. The molecule has 1 aliphatic heterocycles. The minimum absolute atomic E-state index is 0.00640. The maximum Gasteiger partial charge on any atom is 0.280 e. The van der Waals surface area contributed by atoms with E-state index in [0.29, 0.717) is 23.0 Å². The number of carbonyl (C=O) groups excluding carboxylic acids is 1. The van der Waals surface area contributed by atoms with Crippen molar-refractivity contribution in [2.75, 3.05) is 6.79 Å². The fourth-order valence-corrected chi connectivity index (χ4v) is 2.64. The highest BCUT2D eigenvalue weighted by atomic mass is 16.7. The van der Waals surface area contributed by atoms with Crippen LogP contribution in [0.4, 0.5) is 5.69 Å². The summed E-state index contributed by atoms with van der Waals surface area (Å²) in [6.07, 6.45) is 4.37. The number of nitrogens with zero attached hydrogens (tertiary/aromatic N) is 4. The summed E-state index contributed by atoms with van der Waals surface area (Å²) >= 11 is 0. The van der Waals surface area contributed by atoms with Gasteiger partial charge in [-0.25, -0.2) is 0 Å². The number of nitro benzene ring substituents is 1. The lowest BCUT2D eigenvalue weighted by molar-refractivity contribution is -0.385. The minimum atomic E-state index is -0.540. The molecule has 1 aromatic carbocycles. The van der Waals surface area contributed by atoms with Crippen molar-refractivity contribution in [2.24, 2.45) is 0 Å². The number of amides is 1. The van der Waals surface area contributed by atoms with E-state index in [1.807, 2.05) is 12.1 Å². The van der Waals surface area contributed by atoms with Crippen molar-refractivity contribution in [3.63, 3.8) is 0 Å². The van der Waals surface area contributed by atoms with E-state index in [1.165, 1.54) is 24.3 Å². The van der Waals surface area contributed by atoms with Gasteiger partial charge in [0.15, 0.2) is 23.0 Å². The molecule has 0 atom stereocenters. The quantitative estimate of drug-likeness (QED) is 0.414. The zero-order valence-corrected chi connectivity index (χ0v) is 13.9. The van der Waals surface area contributed by atoms with Crippen LogP contribution in [0.25, 0.3) is 11.7 Å². The Labute approximate surface area is 152 Å². The Kier molecular flexibility index (Phi) is 4.13. The fraction of sp³-hybridized carbons (Fsp3) is 0.118. The molecule has 0 saturated carbocycles. The third-order valence-corrected chi connectivity index (χ3v) is 3.94. The molecule has 0 radical (unpaired) electrons. The van der Waals surface area contributed by atoms with Crippen LogP contribution in [-0.4, -0.2) is 32.2 Å². The van der Waals surface area contributed by atoms with E-state index in [-0.39, 0.29) is 24.6 Å². The van der Waals surface area contributed by atoms with Crippen LogP contribution in [0.1, 0.15) is 11.4 Å². The lowest BCUT2D eigenvalue weighted by Crippen LogP contribution is -2.21. The molecular weight excluding hydrogens is 354 g/mol. The highest BCUT2D eigenvalue weighted by Crippen LogP contribution is 2.38. The van der Waals surface area contributed by atoms with Crippen LogP contribution >= 0.6 is 0 Å². The summed E-state index contributed by atoms with van der Waals surface area (Å²) in [5, 5.41) is 21.9. The lowest BCUT2D eigenvalue weighted by Gasteiger charge is -2.02. The van der Waals surface area contributed by atoms with Gasteiger partial charge in [0.25, 0.3) is 5.69 Å². The number of pyridine rings is 1. The van der Waals surface area contributed by atoms with Crippen LogP contribution in [0.15, 0.2) is 42.6 Å². The van der Waals surface area contributed by atoms with E-state index < -0.39 is 10.8 Å². The molecule has 10 nitrogen and oxygen atoms in total. The molecule has 0 saturated heterocycles. The molecule has 136 valence electrons. The summed E-state index contributed by atoms with van der Waals surface area (Å²) < 4.78 is 12.1. The first-order chi connectivity index (χ1) is 13.1. The molecule has 0 fully saturated rings. The van der Waals surface area contributed by atoms with E-state index in [2.05, 4.69) is 15.5 Å². The topological polar surface area (TPSA) is 121 Å². The van der Waals surface area contributed by atoms with Crippen molar-refractivity contribution in [1.82, 2.24) is 19.9 Å². The van der Waals surface area contributed by atoms with E-state index in [0.717, 1.165) is 0 Å². The van der Waals surface area contributed by atoms with E-state index >= 15 is 0 Å². The van der Waals surface area contributed by atoms with Gasteiger partial charge in [-0.3, -0.25) is 19.3 Å². The summed E-state index contributed by atoms with van der Waals surface area (Å²) in [6, 6.07) is 8.23. The Hall–Kier alpha value is -3.95. The highest BCUT2D eigenvalue weighted by Gasteiger charge is 2.22. The molecule has 1 amide bonds. The molecule has 10 heteroatoms. The molecular formula is C17H13N5O5. The number of carbonyl (C=O) groups is 1. The van der Waals surface area contributed by atoms with Gasteiger partial charge >= 0.3 is 0 Å². The molecule has 2 aromatic heterocycles. The Bertz CT molecular complexity index is 1070. The van der Waals surface area contributed by atoms with Gasteiger partial charge in [-0.15, -0.1) is 10.2 Å². The second kappa shape index (κ2) is 6.75. The molecule has 0 spiro atoms. The Morgan fingerprint density at radius 2 is 2.11 bits per heavy atom. The summed E-state index contributed by atoms with van der Waals surface area (Å²) in [6.45, 7) is 0.171. The largest absolute Gasteiger partial charge is 0.454 e. The van der Waals surface area contributed by atoms with Crippen molar-refractivity contribution in [3.8, 4) is 11.5 Å². The van der Waals surface area contributed by atoms with Crippen molar-refractivity contribution >= 4 is 23.3 Å². The number of rotatable bonds is 5. The molecule has 0 aliphatic carbocycles. The normalized spacial score (nSPS) is 12.6. The smallest absolute Gasteiger partial charge is 0.280 e. The van der Waals surface area contributed by atoms with E-state index in [4.69, 9.17) is 9.47 Å². The van der Waals surface area contributed by atoms with Crippen LogP contribution in [-0.2, 0) is 11.3 Å². The summed E-state index contributed by atoms with van der Waals surface area (Å²) in [5.41, 5.74) is 0.743. The number of aromatic nitrogens is 3. The number of nitro groups is 1. The van der Waals surface area contributed by atoms with Gasteiger partial charge in [-0.05, 0) is 24.3 Å². The molecule has 3 heterocycles. The summed E-state index contributed by atoms with van der Waals surface area (Å²) in [5.74, 6) is 0.855. The maximum atomic E-state index is 12.1. The van der Waals surface area contributed by atoms with Crippen molar-refractivity contribution in [1.29, 1.82) is 0 Å². The molecule has 1 aliphatic rings. The van der Waals surface area contributed by atoms with Gasteiger partial charge in [0.2, 0.25) is 12.7 Å². The zero-order valence-electron chi connectivity index (χ0n) is 13.9. The van der Waals surface area contributed by atoms with Crippen molar-refractivity contribution in [2.45, 2.75) is 6.54 Å². The zero-order chi connectivity index (χ0) is 18.8. The first-order valence-electron chi connectivity index (χ1n) is 7.94. The van der Waals surface area contributed by atoms with Crippen LogP contribution in [0.5, 0.6) is 11.5 Å². The van der Waals surface area contributed by atoms with Crippen molar-refractivity contribution < 1.29 is 19.2 Å². The number of fused-ring (bicyclic) bond motifs is 2. The van der Waals surface area contributed by atoms with E-state index in [9.17, 15) is 14.9 Å². The monoisotopic (exact) mass is 367 g/mol. The Morgan fingerprint density at radius 3 is 2.93 bits per heavy atom. The number of ether oxygens (including phenoxy) is 2. The molecule has 1 N–H and O–H groups in total. The van der Waals surface area contributed by atoms with Crippen molar-refractivity contribution in [3.05, 3.63) is 64.1 Å². The van der Waals surface area contributed by atoms with Gasteiger partial charge in [0, 0.05) is 12.3 Å². The van der Waals surface area contributed by atoms with Gasteiger partial charge in [-0.1, -0.05) is 6.07 Å². The highest BCUT2D eigenvalue weighted by molar-refractivity contribution is 5.92.